The highest BCUT2D eigenvalue weighted by Gasteiger charge is 2.37. The summed E-state index contributed by atoms with van der Waals surface area (Å²) in [5, 5.41) is 12.5. The third-order valence-electron chi connectivity index (χ3n) is 4.87. The van der Waals surface area contributed by atoms with Gasteiger partial charge in [-0.05, 0) is 48.9 Å². The number of carboxylic acids is 1. The van der Waals surface area contributed by atoms with Gasteiger partial charge in [0.1, 0.15) is 11.3 Å². The summed E-state index contributed by atoms with van der Waals surface area (Å²) in [5.74, 6) is -0.471. The number of ether oxygens (including phenoxy) is 1. The monoisotopic (exact) mass is 369 g/mol. The minimum atomic E-state index is -1.24. The Hall–Kier alpha value is -2.82. The molecule has 2 aromatic carbocycles. The van der Waals surface area contributed by atoms with Crippen molar-refractivity contribution in [2.24, 2.45) is 0 Å². The average Bonchev–Trinajstić information content (AvgIpc) is 2.70. The Morgan fingerprint density at radius 2 is 1.63 bits per heavy atom. The topological polar surface area (TPSA) is 75.6 Å². The number of carbonyl (C=O) groups is 2. The van der Waals surface area contributed by atoms with Crippen LogP contribution in [-0.2, 0) is 22.4 Å². The highest BCUT2D eigenvalue weighted by atomic mass is 16.5. The molecule has 0 aliphatic carbocycles. The maximum absolute atomic E-state index is 12.4. The Kier molecular flexibility index (Phi) is 7.41. The van der Waals surface area contributed by atoms with E-state index in [0.717, 1.165) is 16.9 Å². The minimum absolute atomic E-state index is 0.243. The van der Waals surface area contributed by atoms with Gasteiger partial charge in [0.05, 0.1) is 7.11 Å². The molecule has 1 amide bonds. The highest BCUT2D eigenvalue weighted by molar-refractivity contribution is 5.87. The van der Waals surface area contributed by atoms with Crippen LogP contribution in [0.3, 0.4) is 0 Å². The van der Waals surface area contributed by atoms with E-state index >= 15 is 0 Å². The van der Waals surface area contributed by atoms with E-state index in [4.69, 9.17) is 4.74 Å². The van der Waals surface area contributed by atoms with Crippen LogP contribution < -0.4 is 10.1 Å². The molecule has 0 saturated heterocycles. The molecule has 1 atom stereocenters. The molecule has 2 N–H and O–H groups in total. The summed E-state index contributed by atoms with van der Waals surface area (Å²) in [7, 11) is 1.61. The molecule has 144 valence electrons. The molecule has 5 heteroatoms. The van der Waals surface area contributed by atoms with E-state index in [9.17, 15) is 14.7 Å². The van der Waals surface area contributed by atoms with Crippen molar-refractivity contribution in [1.29, 1.82) is 0 Å². The number of nitrogens with one attached hydrogen (secondary N) is 1. The molecule has 0 aliphatic heterocycles. The molecule has 2 aromatic rings. The van der Waals surface area contributed by atoms with E-state index in [2.05, 4.69) is 5.32 Å². The van der Waals surface area contributed by atoms with Crippen LogP contribution in [0.5, 0.6) is 5.75 Å². The fraction of sp³-hybridized carbons (Fsp3) is 0.364. The zero-order chi connectivity index (χ0) is 19.7. The Morgan fingerprint density at radius 3 is 2.19 bits per heavy atom. The summed E-state index contributed by atoms with van der Waals surface area (Å²) in [6.07, 6.45) is 2.08. The summed E-state index contributed by atoms with van der Waals surface area (Å²) in [5.41, 5.74) is 0.823. The molecule has 0 aromatic heterocycles. The average molecular weight is 369 g/mol. The van der Waals surface area contributed by atoms with Crippen molar-refractivity contribution in [3.63, 3.8) is 0 Å². The first-order valence-corrected chi connectivity index (χ1v) is 9.20. The molecule has 0 aliphatic rings. The number of hydrogen-bond acceptors (Lipinski definition) is 3. The fourth-order valence-electron chi connectivity index (χ4n) is 3.02. The molecule has 0 radical (unpaired) electrons. The molecular formula is C22H27NO4. The summed E-state index contributed by atoms with van der Waals surface area (Å²) < 4.78 is 5.12. The van der Waals surface area contributed by atoms with Crippen LogP contribution in [0, 0.1) is 0 Å². The molecular weight excluding hydrogens is 342 g/mol. The number of carbonyl (C=O) groups excluding carboxylic acids is 1. The summed E-state index contributed by atoms with van der Waals surface area (Å²) >= 11 is 0. The Bertz CT molecular complexity index is 743. The maximum atomic E-state index is 12.4. The predicted octanol–water partition coefficient (Wildman–Crippen LogP) is 3.61. The van der Waals surface area contributed by atoms with Crippen LogP contribution in [0.15, 0.2) is 54.6 Å². The molecule has 0 bridgehead atoms. The van der Waals surface area contributed by atoms with Crippen molar-refractivity contribution in [3.05, 3.63) is 65.7 Å². The van der Waals surface area contributed by atoms with Crippen molar-refractivity contribution in [1.82, 2.24) is 5.32 Å². The summed E-state index contributed by atoms with van der Waals surface area (Å²) in [6, 6.07) is 17.2. The van der Waals surface area contributed by atoms with Crippen LogP contribution in [0.2, 0.25) is 0 Å². The number of carboxylic acid groups (broad SMARTS) is 1. The van der Waals surface area contributed by atoms with Gasteiger partial charge in [-0.2, -0.15) is 0 Å². The lowest BCUT2D eigenvalue weighted by Gasteiger charge is -2.29. The van der Waals surface area contributed by atoms with E-state index in [0.29, 0.717) is 25.7 Å². The Balaban J connectivity index is 1.96. The largest absolute Gasteiger partial charge is 0.497 e. The van der Waals surface area contributed by atoms with E-state index in [-0.39, 0.29) is 12.3 Å². The lowest BCUT2D eigenvalue weighted by molar-refractivity contribution is -0.148. The van der Waals surface area contributed by atoms with E-state index in [1.54, 1.807) is 14.0 Å². The number of methoxy groups -OCH3 is 1. The number of aliphatic carboxylic acids is 1. The first-order chi connectivity index (χ1) is 13.0. The molecule has 27 heavy (non-hydrogen) atoms. The summed E-state index contributed by atoms with van der Waals surface area (Å²) in [6.45, 7) is 1.79. The molecule has 0 heterocycles. The lowest BCUT2D eigenvalue weighted by atomic mass is 9.88. The number of hydrogen-bond donors (Lipinski definition) is 2. The van der Waals surface area contributed by atoms with Gasteiger partial charge in [-0.25, -0.2) is 4.79 Å². The van der Waals surface area contributed by atoms with Crippen LogP contribution in [0.1, 0.15) is 37.3 Å². The van der Waals surface area contributed by atoms with Crippen molar-refractivity contribution in [3.8, 4) is 5.75 Å². The van der Waals surface area contributed by atoms with Crippen molar-refractivity contribution in [2.45, 2.75) is 44.6 Å². The third-order valence-corrected chi connectivity index (χ3v) is 4.87. The van der Waals surface area contributed by atoms with Gasteiger partial charge in [0.15, 0.2) is 0 Å². The fourth-order valence-corrected chi connectivity index (χ4v) is 3.02. The number of aryl methyl sites for hydroxylation is 2. The molecule has 5 nitrogen and oxygen atoms in total. The van der Waals surface area contributed by atoms with Crippen molar-refractivity contribution in [2.75, 3.05) is 7.11 Å². The second-order valence-electron chi connectivity index (χ2n) is 6.62. The standard InChI is InChI=1S/C22H27NO4/c1-3-22(21(25)26,16-15-17-7-5-4-6-8-17)23-20(24)14-11-18-9-12-19(27-2)13-10-18/h4-10,12-13H,3,11,14-16H2,1-2H3,(H,23,24)(H,25,26). The van der Waals surface area contributed by atoms with Gasteiger partial charge < -0.3 is 15.2 Å². The van der Waals surface area contributed by atoms with E-state index in [1.807, 2.05) is 54.6 Å². The first-order valence-electron chi connectivity index (χ1n) is 9.20. The van der Waals surface area contributed by atoms with Crippen molar-refractivity contribution < 1.29 is 19.4 Å². The predicted molar refractivity (Wildman–Crippen MR) is 105 cm³/mol. The smallest absolute Gasteiger partial charge is 0.329 e. The lowest BCUT2D eigenvalue weighted by Crippen LogP contribution is -2.54. The Labute approximate surface area is 160 Å². The minimum Gasteiger partial charge on any atom is -0.497 e. The number of benzene rings is 2. The van der Waals surface area contributed by atoms with Gasteiger partial charge in [-0.3, -0.25) is 4.79 Å². The van der Waals surface area contributed by atoms with E-state index < -0.39 is 11.5 Å². The van der Waals surface area contributed by atoms with Crippen LogP contribution in [0.25, 0.3) is 0 Å². The third kappa shape index (κ3) is 5.84. The van der Waals surface area contributed by atoms with Gasteiger partial charge in [-0.15, -0.1) is 0 Å². The maximum Gasteiger partial charge on any atom is 0.329 e. The van der Waals surface area contributed by atoms with Crippen LogP contribution in [-0.4, -0.2) is 29.6 Å². The molecule has 0 saturated carbocycles. The summed E-state index contributed by atoms with van der Waals surface area (Å²) in [4.78, 5) is 24.4. The van der Waals surface area contributed by atoms with Crippen LogP contribution in [0.4, 0.5) is 0 Å². The van der Waals surface area contributed by atoms with E-state index in [1.165, 1.54) is 0 Å². The van der Waals surface area contributed by atoms with Gasteiger partial charge in [-0.1, -0.05) is 49.4 Å². The van der Waals surface area contributed by atoms with Gasteiger partial charge in [0.2, 0.25) is 5.91 Å². The zero-order valence-electron chi connectivity index (χ0n) is 15.9. The number of amides is 1. The molecule has 0 fully saturated rings. The van der Waals surface area contributed by atoms with Gasteiger partial charge in [0, 0.05) is 6.42 Å². The molecule has 1 unspecified atom stereocenters. The normalized spacial score (nSPS) is 12.8. The van der Waals surface area contributed by atoms with Gasteiger partial charge >= 0.3 is 5.97 Å². The first kappa shape index (κ1) is 20.5. The zero-order valence-corrected chi connectivity index (χ0v) is 15.9. The second-order valence-corrected chi connectivity index (χ2v) is 6.62. The molecule has 0 spiro atoms. The highest BCUT2D eigenvalue weighted by Crippen LogP contribution is 2.20. The second kappa shape index (κ2) is 9.76. The van der Waals surface area contributed by atoms with Crippen molar-refractivity contribution >= 4 is 11.9 Å². The quantitative estimate of drug-likeness (QED) is 0.671. The SMILES string of the molecule is CCC(CCc1ccccc1)(NC(=O)CCc1ccc(OC)cc1)C(=O)O. The number of rotatable bonds is 10. The van der Waals surface area contributed by atoms with Gasteiger partial charge in [0.25, 0.3) is 0 Å². The van der Waals surface area contributed by atoms with Crippen LogP contribution >= 0.6 is 0 Å². The Morgan fingerprint density at radius 1 is 1.00 bits per heavy atom. The molecule has 2 rings (SSSR count).